The Labute approximate surface area is 130 Å². The van der Waals surface area contributed by atoms with Gasteiger partial charge in [-0.05, 0) is 12.8 Å². The van der Waals surface area contributed by atoms with Crippen LogP contribution in [-0.4, -0.2) is 21.6 Å². The molecular weight excluding hydrogens is 298 g/mol. The Morgan fingerprint density at radius 3 is 2.95 bits per heavy atom. The highest BCUT2D eigenvalue weighted by Gasteiger charge is 2.31. The van der Waals surface area contributed by atoms with Gasteiger partial charge in [0.1, 0.15) is 0 Å². The summed E-state index contributed by atoms with van der Waals surface area (Å²) in [7, 11) is 0. The monoisotopic (exact) mass is 311 g/mol. The molecule has 1 fully saturated rings. The van der Waals surface area contributed by atoms with Gasteiger partial charge in [-0.2, -0.15) is 0 Å². The third-order valence-electron chi connectivity index (χ3n) is 3.57. The van der Waals surface area contributed by atoms with Crippen molar-refractivity contribution in [2.24, 2.45) is 11.1 Å². The van der Waals surface area contributed by atoms with E-state index in [-0.39, 0.29) is 11.9 Å². The molecule has 5 nitrogen and oxygen atoms in total. The Balaban J connectivity index is 1.69. The predicted molar refractivity (Wildman–Crippen MR) is 84.9 cm³/mol. The maximum absolute atomic E-state index is 11.5. The zero-order chi connectivity index (χ0) is 14.9. The number of oxime groups is 1. The normalized spacial score (nSPS) is 14.7. The number of benzene rings is 1. The summed E-state index contributed by atoms with van der Waals surface area (Å²) >= 11 is 1.55. The van der Waals surface area contributed by atoms with Gasteiger partial charge in [-0.25, -0.2) is 9.78 Å². The number of aromatic nitrogens is 2. The van der Waals surface area contributed by atoms with E-state index < -0.39 is 0 Å². The van der Waals surface area contributed by atoms with Crippen LogP contribution in [-0.2, 0) is 9.63 Å². The summed E-state index contributed by atoms with van der Waals surface area (Å²) in [6.45, 7) is 0. The van der Waals surface area contributed by atoms with Gasteiger partial charge in [0.15, 0.2) is 4.96 Å². The number of fused-ring (bicyclic) bond motifs is 1. The molecule has 0 atom stereocenters. The molecule has 0 N–H and O–H groups in total. The summed E-state index contributed by atoms with van der Waals surface area (Å²) in [5, 5.41) is 5.82. The van der Waals surface area contributed by atoms with E-state index in [1.807, 2.05) is 46.3 Å². The fourth-order valence-corrected chi connectivity index (χ4v) is 2.98. The first-order valence-electron chi connectivity index (χ1n) is 7.08. The topological polar surface area (TPSA) is 56.0 Å². The van der Waals surface area contributed by atoms with Crippen molar-refractivity contribution < 1.29 is 9.63 Å². The largest absolute Gasteiger partial charge is 0.338 e. The molecular formula is C16H13N3O2S. The molecule has 0 unspecified atom stereocenters. The number of carbonyl (C=O) groups is 1. The molecule has 0 aliphatic heterocycles. The van der Waals surface area contributed by atoms with Crippen LogP contribution in [0.15, 0.2) is 47.1 Å². The van der Waals surface area contributed by atoms with Crippen molar-refractivity contribution >= 4 is 28.5 Å². The molecule has 6 heteroatoms. The molecule has 1 aliphatic rings. The first-order valence-corrected chi connectivity index (χ1v) is 7.96. The lowest BCUT2D eigenvalue weighted by Gasteiger charge is -1.99. The number of hydrogen-bond donors (Lipinski definition) is 0. The highest BCUT2D eigenvalue weighted by atomic mass is 32.1. The van der Waals surface area contributed by atoms with E-state index >= 15 is 0 Å². The minimum absolute atomic E-state index is 0.0392. The maximum Gasteiger partial charge on any atom is 0.338 e. The number of carbonyl (C=O) groups excluding carboxylic acids is 1. The smallest absolute Gasteiger partial charge is 0.318 e. The lowest BCUT2D eigenvalue weighted by atomic mass is 10.1. The third-order valence-corrected chi connectivity index (χ3v) is 4.33. The summed E-state index contributed by atoms with van der Waals surface area (Å²) in [5.41, 5.74) is 2.65. The van der Waals surface area contributed by atoms with Crippen LogP contribution >= 0.6 is 11.3 Å². The average Bonchev–Trinajstić information content (AvgIpc) is 3.20. The highest BCUT2D eigenvalue weighted by molar-refractivity contribution is 7.15. The molecule has 1 aromatic carbocycles. The van der Waals surface area contributed by atoms with Crippen molar-refractivity contribution in [2.75, 3.05) is 0 Å². The van der Waals surface area contributed by atoms with E-state index in [0.29, 0.717) is 0 Å². The van der Waals surface area contributed by atoms with Gasteiger partial charge in [-0.1, -0.05) is 35.5 Å². The Bertz CT molecular complexity index is 847. The van der Waals surface area contributed by atoms with Crippen LogP contribution < -0.4 is 0 Å². The zero-order valence-corrected chi connectivity index (χ0v) is 12.5. The molecule has 0 radical (unpaired) electrons. The molecule has 2 aromatic heterocycles. The van der Waals surface area contributed by atoms with Gasteiger partial charge < -0.3 is 4.84 Å². The minimum atomic E-state index is -0.247. The quantitative estimate of drug-likeness (QED) is 0.422. The highest BCUT2D eigenvalue weighted by Crippen LogP contribution is 2.30. The Morgan fingerprint density at radius 1 is 1.36 bits per heavy atom. The van der Waals surface area contributed by atoms with Crippen LogP contribution in [0.5, 0.6) is 0 Å². The third kappa shape index (κ3) is 2.42. The first-order chi connectivity index (χ1) is 10.8. The number of nitrogens with zero attached hydrogens (tertiary/aromatic N) is 3. The summed E-state index contributed by atoms with van der Waals surface area (Å²) in [5.74, 6) is -0.207. The number of hydrogen-bond acceptors (Lipinski definition) is 5. The lowest BCUT2D eigenvalue weighted by molar-refractivity contribution is -0.145. The van der Waals surface area contributed by atoms with Crippen molar-refractivity contribution in [3.63, 3.8) is 0 Å². The lowest BCUT2D eigenvalue weighted by Crippen LogP contribution is -2.02. The molecule has 22 heavy (non-hydrogen) atoms. The average molecular weight is 311 g/mol. The maximum atomic E-state index is 11.5. The standard InChI is InChI=1S/C16H13N3O2S/c20-15(12-6-7-12)21-17-10-13-14(11-4-2-1-3-5-11)18-16-19(13)8-9-22-16/h1-5,8-10,12H,6-7H2/b17-10-. The van der Waals surface area contributed by atoms with Gasteiger partial charge in [-0.15, -0.1) is 11.3 Å². The second-order valence-corrected chi connectivity index (χ2v) is 6.06. The molecule has 2 heterocycles. The number of rotatable bonds is 4. The molecule has 0 bridgehead atoms. The van der Waals surface area contributed by atoms with Crippen molar-refractivity contribution in [2.45, 2.75) is 12.8 Å². The van der Waals surface area contributed by atoms with E-state index in [1.54, 1.807) is 17.6 Å². The van der Waals surface area contributed by atoms with E-state index in [4.69, 9.17) is 4.84 Å². The molecule has 110 valence electrons. The van der Waals surface area contributed by atoms with Gasteiger partial charge >= 0.3 is 5.97 Å². The molecule has 1 saturated carbocycles. The van der Waals surface area contributed by atoms with Gasteiger partial charge in [0.25, 0.3) is 0 Å². The van der Waals surface area contributed by atoms with Crippen LogP contribution in [0.3, 0.4) is 0 Å². The van der Waals surface area contributed by atoms with E-state index in [9.17, 15) is 4.79 Å². The molecule has 0 saturated heterocycles. The summed E-state index contributed by atoms with van der Waals surface area (Å²) < 4.78 is 1.95. The van der Waals surface area contributed by atoms with Crippen LogP contribution in [0.1, 0.15) is 18.5 Å². The van der Waals surface area contributed by atoms with Gasteiger partial charge in [0.2, 0.25) is 0 Å². The van der Waals surface area contributed by atoms with Gasteiger partial charge in [0, 0.05) is 17.1 Å². The van der Waals surface area contributed by atoms with Crippen LogP contribution in [0, 0.1) is 5.92 Å². The summed E-state index contributed by atoms with van der Waals surface area (Å²) in [4.78, 5) is 22.0. The van der Waals surface area contributed by atoms with Crippen molar-refractivity contribution in [3.8, 4) is 11.3 Å². The number of thiazole rings is 1. The summed E-state index contributed by atoms with van der Waals surface area (Å²) in [6.07, 6.45) is 5.31. The van der Waals surface area contributed by atoms with Crippen LogP contribution in [0.25, 0.3) is 16.2 Å². The van der Waals surface area contributed by atoms with Crippen molar-refractivity contribution in [1.29, 1.82) is 0 Å². The number of imidazole rings is 1. The molecule has 0 amide bonds. The van der Waals surface area contributed by atoms with Gasteiger partial charge in [-0.3, -0.25) is 4.40 Å². The van der Waals surface area contributed by atoms with E-state index in [0.717, 1.165) is 34.8 Å². The summed E-state index contributed by atoms with van der Waals surface area (Å²) in [6, 6.07) is 9.90. The molecule has 3 aromatic rings. The van der Waals surface area contributed by atoms with Gasteiger partial charge in [0.05, 0.1) is 23.5 Å². The van der Waals surface area contributed by atoms with E-state index in [2.05, 4.69) is 10.1 Å². The van der Waals surface area contributed by atoms with Crippen molar-refractivity contribution in [3.05, 3.63) is 47.6 Å². The van der Waals surface area contributed by atoms with Crippen LogP contribution in [0.4, 0.5) is 0 Å². The zero-order valence-electron chi connectivity index (χ0n) is 11.7. The molecule has 4 rings (SSSR count). The molecule has 0 spiro atoms. The minimum Gasteiger partial charge on any atom is -0.318 e. The fraction of sp³-hybridized carbons (Fsp3) is 0.188. The van der Waals surface area contributed by atoms with Crippen molar-refractivity contribution in [1.82, 2.24) is 9.38 Å². The Kier molecular flexibility index (Phi) is 3.23. The second-order valence-electron chi connectivity index (χ2n) is 5.19. The van der Waals surface area contributed by atoms with E-state index in [1.165, 1.54) is 0 Å². The van der Waals surface area contributed by atoms with Crippen LogP contribution in [0.2, 0.25) is 0 Å². The predicted octanol–water partition coefficient (Wildman–Crippen LogP) is 3.35. The fourth-order valence-electron chi connectivity index (χ4n) is 2.26. The Morgan fingerprint density at radius 2 is 2.18 bits per heavy atom. The Hall–Kier alpha value is -2.47. The molecule has 1 aliphatic carbocycles. The first kappa shape index (κ1) is 13.2. The second kappa shape index (κ2) is 5.38. The SMILES string of the molecule is O=C(O/N=C\c1c(-c2ccccc2)nc2sccn12)C1CC1.